The Morgan fingerprint density at radius 2 is 1.65 bits per heavy atom. The number of piperazine rings is 1. The molecule has 0 radical (unpaired) electrons. The van der Waals surface area contributed by atoms with Crippen LogP contribution in [0, 0.1) is 15.9 Å². The number of nitro groups is 1. The maximum atomic E-state index is 14.6. The first-order chi connectivity index (χ1) is 16.2. The summed E-state index contributed by atoms with van der Waals surface area (Å²) in [5.41, 5.74) is 2.01. The van der Waals surface area contributed by atoms with E-state index in [0.717, 1.165) is 0 Å². The molecule has 1 fully saturated rings. The largest absolute Gasteiger partial charge is 0.366 e. The van der Waals surface area contributed by atoms with Crippen molar-refractivity contribution < 1.29 is 18.9 Å². The van der Waals surface area contributed by atoms with Crippen LogP contribution >= 0.6 is 11.6 Å². The highest BCUT2D eigenvalue weighted by Gasteiger charge is 2.27. The Balaban J connectivity index is 1.57. The second-order valence-electron chi connectivity index (χ2n) is 8.00. The van der Waals surface area contributed by atoms with Crippen molar-refractivity contribution in [2.45, 2.75) is 6.92 Å². The van der Waals surface area contributed by atoms with Gasteiger partial charge in [0, 0.05) is 48.9 Å². The molecule has 0 saturated carbocycles. The molecule has 1 aliphatic rings. The summed E-state index contributed by atoms with van der Waals surface area (Å²) < 4.78 is 14.6. The van der Waals surface area contributed by atoms with Gasteiger partial charge in [-0.05, 0) is 54.4 Å². The Morgan fingerprint density at radius 1 is 0.971 bits per heavy atom. The molecule has 174 valence electrons. The molecule has 3 aromatic carbocycles. The molecule has 1 heterocycles. The number of carbonyl (C=O) groups is 2. The van der Waals surface area contributed by atoms with Gasteiger partial charge in [-0.25, -0.2) is 4.39 Å². The fourth-order valence-electron chi connectivity index (χ4n) is 4.01. The average Bonchev–Trinajstić information content (AvgIpc) is 2.83. The van der Waals surface area contributed by atoms with Crippen molar-refractivity contribution in [3.8, 4) is 11.1 Å². The van der Waals surface area contributed by atoms with E-state index in [1.54, 1.807) is 47.4 Å². The van der Waals surface area contributed by atoms with Crippen LogP contribution in [0.2, 0.25) is 5.02 Å². The predicted molar refractivity (Wildman–Crippen MR) is 128 cm³/mol. The lowest BCUT2D eigenvalue weighted by Crippen LogP contribution is -2.49. The molecule has 0 unspecified atom stereocenters. The van der Waals surface area contributed by atoms with Crippen molar-refractivity contribution >= 4 is 34.7 Å². The van der Waals surface area contributed by atoms with Gasteiger partial charge in [-0.2, -0.15) is 0 Å². The molecule has 9 heteroatoms. The number of Topliss-reactive ketones (excluding diaryl/α,β-unsaturated/α-hetero) is 1. The number of benzene rings is 3. The number of non-ortho nitro benzene ring substituents is 1. The first kappa shape index (κ1) is 23.4. The third-order valence-corrected chi connectivity index (χ3v) is 6.11. The van der Waals surface area contributed by atoms with Crippen molar-refractivity contribution in [1.82, 2.24) is 4.90 Å². The van der Waals surface area contributed by atoms with E-state index >= 15 is 0 Å². The molecule has 0 spiro atoms. The van der Waals surface area contributed by atoms with Gasteiger partial charge in [0.2, 0.25) is 0 Å². The standard InChI is InChI=1S/C25H21ClFN3O4/c1-16(31)18-4-9-24(23(27)14-18)28-10-12-29(13-11-28)25(32)22-15-20(30(33)34)7-8-21(22)17-2-5-19(26)6-3-17/h2-9,14-15H,10-13H2,1H3. The van der Waals surface area contributed by atoms with Gasteiger partial charge in [0.15, 0.2) is 5.78 Å². The zero-order valence-electron chi connectivity index (χ0n) is 18.3. The van der Waals surface area contributed by atoms with Gasteiger partial charge in [0.1, 0.15) is 5.82 Å². The fourth-order valence-corrected chi connectivity index (χ4v) is 4.13. The summed E-state index contributed by atoms with van der Waals surface area (Å²) in [6.07, 6.45) is 0. The molecule has 7 nitrogen and oxygen atoms in total. The van der Waals surface area contributed by atoms with Crippen LogP contribution in [0.4, 0.5) is 15.8 Å². The number of hydrogen-bond acceptors (Lipinski definition) is 5. The van der Waals surface area contributed by atoms with Crippen molar-refractivity contribution in [2.24, 2.45) is 0 Å². The van der Waals surface area contributed by atoms with E-state index in [1.165, 1.54) is 25.1 Å². The van der Waals surface area contributed by atoms with Crippen molar-refractivity contribution in [3.63, 3.8) is 0 Å². The predicted octanol–water partition coefficient (Wildman–Crippen LogP) is 5.22. The van der Waals surface area contributed by atoms with E-state index in [1.807, 2.05) is 4.90 Å². The van der Waals surface area contributed by atoms with E-state index in [-0.39, 0.29) is 22.9 Å². The number of carbonyl (C=O) groups excluding carboxylic acids is 2. The molecule has 0 aliphatic carbocycles. The summed E-state index contributed by atoms with van der Waals surface area (Å²) in [5.74, 6) is -1.04. The first-order valence-corrected chi connectivity index (χ1v) is 11.0. The molecule has 34 heavy (non-hydrogen) atoms. The number of halogens is 2. The molecule has 1 saturated heterocycles. The Kier molecular flexibility index (Phi) is 6.61. The molecular formula is C25H21ClFN3O4. The van der Waals surface area contributed by atoms with Crippen molar-refractivity contribution in [2.75, 3.05) is 31.1 Å². The molecule has 1 aliphatic heterocycles. The maximum absolute atomic E-state index is 14.6. The highest BCUT2D eigenvalue weighted by Crippen LogP contribution is 2.30. The number of anilines is 1. The van der Waals surface area contributed by atoms with Crippen molar-refractivity contribution in [1.29, 1.82) is 0 Å². The monoisotopic (exact) mass is 481 g/mol. The normalized spacial score (nSPS) is 13.6. The quantitative estimate of drug-likeness (QED) is 0.283. The Labute approximate surface area is 200 Å². The molecule has 4 rings (SSSR count). The van der Waals surface area contributed by atoms with Gasteiger partial charge in [0.05, 0.1) is 16.2 Å². The topological polar surface area (TPSA) is 83.8 Å². The molecule has 0 atom stereocenters. The lowest BCUT2D eigenvalue weighted by Gasteiger charge is -2.36. The van der Waals surface area contributed by atoms with Gasteiger partial charge in [0.25, 0.3) is 11.6 Å². The zero-order chi connectivity index (χ0) is 24.4. The third kappa shape index (κ3) is 4.77. The average molecular weight is 482 g/mol. The number of rotatable bonds is 5. The van der Waals surface area contributed by atoms with Crippen LogP contribution in [-0.2, 0) is 0 Å². The zero-order valence-corrected chi connectivity index (χ0v) is 19.1. The lowest BCUT2D eigenvalue weighted by atomic mass is 9.98. The minimum absolute atomic E-state index is 0.174. The lowest BCUT2D eigenvalue weighted by molar-refractivity contribution is -0.384. The Bertz CT molecular complexity index is 1270. The highest BCUT2D eigenvalue weighted by molar-refractivity contribution is 6.30. The van der Waals surface area contributed by atoms with E-state index in [9.17, 15) is 24.1 Å². The minimum atomic E-state index is -0.534. The summed E-state index contributed by atoms with van der Waals surface area (Å²) in [6, 6.07) is 15.5. The van der Waals surface area contributed by atoms with Crippen LogP contribution in [0.15, 0.2) is 60.7 Å². The Hall–Kier alpha value is -3.78. The number of amides is 1. The van der Waals surface area contributed by atoms with E-state index in [4.69, 9.17) is 11.6 Å². The van der Waals surface area contributed by atoms with Crippen LogP contribution < -0.4 is 4.90 Å². The van der Waals surface area contributed by atoms with Gasteiger partial charge in [-0.15, -0.1) is 0 Å². The van der Waals surface area contributed by atoms with Crippen molar-refractivity contribution in [3.05, 3.63) is 92.7 Å². The number of nitro benzene ring substituents is 1. The van der Waals surface area contributed by atoms with Crippen LogP contribution in [0.25, 0.3) is 11.1 Å². The minimum Gasteiger partial charge on any atom is -0.366 e. The second kappa shape index (κ2) is 9.61. The summed E-state index contributed by atoms with van der Waals surface area (Å²) in [6.45, 7) is 2.77. The number of nitrogens with zero attached hydrogens (tertiary/aromatic N) is 3. The molecule has 1 amide bonds. The van der Waals surface area contributed by atoms with Gasteiger partial charge in [-0.1, -0.05) is 23.7 Å². The van der Waals surface area contributed by atoms with E-state index in [2.05, 4.69) is 0 Å². The second-order valence-corrected chi connectivity index (χ2v) is 8.43. The van der Waals surface area contributed by atoms with E-state index in [0.29, 0.717) is 53.6 Å². The molecule has 0 aromatic heterocycles. The van der Waals surface area contributed by atoms with Gasteiger partial charge >= 0.3 is 0 Å². The molecule has 3 aromatic rings. The summed E-state index contributed by atoms with van der Waals surface area (Å²) in [4.78, 5) is 39.1. The fraction of sp³-hybridized carbons (Fsp3) is 0.200. The maximum Gasteiger partial charge on any atom is 0.270 e. The van der Waals surface area contributed by atoms with Gasteiger partial charge < -0.3 is 9.80 Å². The molecule has 0 bridgehead atoms. The SMILES string of the molecule is CC(=O)c1ccc(N2CCN(C(=O)c3cc([N+](=O)[O-])ccc3-c3ccc(Cl)cc3)CC2)c(F)c1. The van der Waals surface area contributed by atoms with Crippen LogP contribution in [0.3, 0.4) is 0 Å². The van der Waals surface area contributed by atoms with Crippen LogP contribution in [-0.4, -0.2) is 47.7 Å². The summed E-state index contributed by atoms with van der Waals surface area (Å²) >= 11 is 5.98. The van der Waals surface area contributed by atoms with Gasteiger partial charge in [-0.3, -0.25) is 19.7 Å². The molecule has 0 N–H and O–H groups in total. The highest BCUT2D eigenvalue weighted by atomic mass is 35.5. The number of ketones is 1. The summed E-state index contributed by atoms with van der Waals surface area (Å²) in [5, 5.41) is 11.9. The smallest absolute Gasteiger partial charge is 0.270 e. The van der Waals surface area contributed by atoms with Crippen LogP contribution in [0.1, 0.15) is 27.6 Å². The first-order valence-electron chi connectivity index (χ1n) is 10.6. The number of hydrogen-bond donors (Lipinski definition) is 0. The Morgan fingerprint density at radius 3 is 2.24 bits per heavy atom. The third-order valence-electron chi connectivity index (χ3n) is 5.86. The molecular weight excluding hydrogens is 461 g/mol. The van der Waals surface area contributed by atoms with E-state index < -0.39 is 10.7 Å². The van der Waals surface area contributed by atoms with Crippen LogP contribution in [0.5, 0.6) is 0 Å². The summed E-state index contributed by atoms with van der Waals surface area (Å²) in [7, 11) is 0.